The summed E-state index contributed by atoms with van der Waals surface area (Å²) in [5.74, 6) is 2.62. The molecule has 0 saturated carbocycles. The van der Waals surface area contributed by atoms with Crippen LogP contribution in [-0.2, 0) is 13.6 Å². The third-order valence-electron chi connectivity index (χ3n) is 4.58. The second kappa shape index (κ2) is 6.58. The number of hydrogen-bond donors (Lipinski definition) is 0. The SMILES string of the molecule is COc1ccc(N(C)Cc2nnc3n(C)c(=O)c4sccc4n23)cc1OC. The van der Waals surface area contributed by atoms with Gasteiger partial charge in [-0.05, 0) is 23.6 Å². The van der Waals surface area contributed by atoms with Crippen molar-refractivity contribution >= 4 is 33.0 Å². The standard InChI is InChI=1S/C18H19N5O3S/c1-21(11-5-6-13(25-3)14(9-11)26-4)10-15-19-20-18-22(2)17(24)16-12(23(15)18)7-8-27-16/h5-9H,10H2,1-4H3. The molecule has 9 heteroatoms. The number of aryl methyl sites for hydroxylation is 1. The van der Waals surface area contributed by atoms with Crippen molar-refractivity contribution in [2.24, 2.45) is 7.05 Å². The van der Waals surface area contributed by atoms with Crippen molar-refractivity contribution in [2.45, 2.75) is 6.54 Å². The lowest BCUT2D eigenvalue weighted by atomic mass is 10.2. The molecule has 0 amide bonds. The number of ether oxygens (including phenoxy) is 2. The highest BCUT2D eigenvalue weighted by atomic mass is 32.1. The van der Waals surface area contributed by atoms with E-state index in [0.717, 1.165) is 17.0 Å². The fourth-order valence-corrected chi connectivity index (χ4v) is 3.97. The smallest absolute Gasteiger partial charge is 0.272 e. The van der Waals surface area contributed by atoms with Crippen LogP contribution in [0.2, 0.25) is 0 Å². The monoisotopic (exact) mass is 385 g/mol. The lowest BCUT2D eigenvalue weighted by Crippen LogP contribution is -2.21. The Morgan fingerprint density at radius 2 is 1.93 bits per heavy atom. The van der Waals surface area contributed by atoms with E-state index in [9.17, 15) is 4.79 Å². The minimum atomic E-state index is -0.0558. The van der Waals surface area contributed by atoms with Crippen LogP contribution < -0.4 is 19.9 Å². The minimum Gasteiger partial charge on any atom is -0.493 e. The third-order valence-corrected chi connectivity index (χ3v) is 5.48. The number of hydrogen-bond acceptors (Lipinski definition) is 7. The molecule has 8 nitrogen and oxygen atoms in total. The molecule has 4 rings (SSSR count). The Morgan fingerprint density at radius 1 is 1.15 bits per heavy atom. The number of thiophene rings is 1. The Balaban J connectivity index is 1.77. The van der Waals surface area contributed by atoms with Crippen LogP contribution in [0.5, 0.6) is 11.5 Å². The lowest BCUT2D eigenvalue weighted by molar-refractivity contribution is 0.355. The topological polar surface area (TPSA) is 73.9 Å². The van der Waals surface area contributed by atoms with Crippen LogP contribution in [0.25, 0.3) is 16.0 Å². The number of benzene rings is 1. The molecule has 0 fully saturated rings. The predicted molar refractivity (Wildman–Crippen MR) is 105 cm³/mol. The van der Waals surface area contributed by atoms with Gasteiger partial charge >= 0.3 is 0 Å². The number of rotatable bonds is 5. The molecule has 0 aliphatic rings. The van der Waals surface area contributed by atoms with Crippen LogP contribution in [0.15, 0.2) is 34.4 Å². The van der Waals surface area contributed by atoms with E-state index in [-0.39, 0.29) is 5.56 Å². The van der Waals surface area contributed by atoms with Crippen molar-refractivity contribution in [1.82, 2.24) is 19.2 Å². The summed E-state index contributed by atoms with van der Waals surface area (Å²) in [7, 11) is 6.91. The van der Waals surface area contributed by atoms with Gasteiger partial charge < -0.3 is 14.4 Å². The van der Waals surface area contributed by atoms with E-state index >= 15 is 0 Å². The molecule has 27 heavy (non-hydrogen) atoms. The van der Waals surface area contributed by atoms with Gasteiger partial charge in [0.1, 0.15) is 4.70 Å². The summed E-state index contributed by atoms with van der Waals surface area (Å²) in [4.78, 5) is 14.5. The Hall–Kier alpha value is -3.07. The number of anilines is 1. The molecule has 0 aliphatic heterocycles. The zero-order valence-electron chi connectivity index (χ0n) is 15.5. The van der Waals surface area contributed by atoms with Crippen molar-refractivity contribution in [3.05, 3.63) is 45.8 Å². The molecule has 140 valence electrons. The van der Waals surface area contributed by atoms with Gasteiger partial charge in [-0.25, -0.2) is 0 Å². The van der Waals surface area contributed by atoms with Gasteiger partial charge in [0.2, 0.25) is 5.78 Å². The van der Waals surface area contributed by atoms with Crippen LogP contribution in [-0.4, -0.2) is 40.4 Å². The largest absolute Gasteiger partial charge is 0.493 e. The number of nitrogens with zero attached hydrogens (tertiary/aromatic N) is 5. The molecule has 0 aliphatic carbocycles. The average molecular weight is 385 g/mol. The van der Waals surface area contributed by atoms with Gasteiger partial charge in [-0.15, -0.1) is 21.5 Å². The van der Waals surface area contributed by atoms with Gasteiger partial charge in [0, 0.05) is 25.8 Å². The molecule has 3 heterocycles. The molecule has 0 unspecified atom stereocenters. The van der Waals surface area contributed by atoms with Crippen LogP contribution in [0, 0.1) is 0 Å². The molecule has 0 atom stereocenters. The van der Waals surface area contributed by atoms with Gasteiger partial charge in [0.15, 0.2) is 17.3 Å². The first kappa shape index (κ1) is 17.3. The van der Waals surface area contributed by atoms with E-state index in [1.807, 2.05) is 46.0 Å². The summed E-state index contributed by atoms with van der Waals surface area (Å²) < 4.78 is 14.8. The van der Waals surface area contributed by atoms with Gasteiger partial charge in [-0.2, -0.15) is 0 Å². The van der Waals surface area contributed by atoms with Crippen molar-refractivity contribution in [2.75, 3.05) is 26.2 Å². The number of aromatic nitrogens is 4. The maximum absolute atomic E-state index is 12.4. The summed E-state index contributed by atoms with van der Waals surface area (Å²) in [6.45, 7) is 0.514. The molecule has 0 saturated heterocycles. The highest BCUT2D eigenvalue weighted by molar-refractivity contribution is 7.17. The molecule has 1 aromatic carbocycles. The predicted octanol–water partition coefficient (Wildman–Crippen LogP) is 2.30. The molecule has 0 spiro atoms. The summed E-state index contributed by atoms with van der Waals surface area (Å²) in [6.07, 6.45) is 0. The Bertz CT molecular complexity index is 1190. The van der Waals surface area contributed by atoms with E-state index in [4.69, 9.17) is 9.47 Å². The van der Waals surface area contributed by atoms with Gasteiger partial charge in [-0.1, -0.05) is 0 Å². The zero-order valence-corrected chi connectivity index (χ0v) is 16.3. The van der Waals surface area contributed by atoms with Crippen molar-refractivity contribution in [3.8, 4) is 11.5 Å². The molecule has 3 aromatic heterocycles. The molecular formula is C18H19N5O3S. The van der Waals surface area contributed by atoms with Gasteiger partial charge in [-0.3, -0.25) is 13.8 Å². The van der Waals surface area contributed by atoms with Crippen molar-refractivity contribution in [1.29, 1.82) is 0 Å². The molecule has 0 bridgehead atoms. The first-order chi connectivity index (χ1) is 13.0. The third kappa shape index (κ3) is 2.71. The van der Waals surface area contributed by atoms with E-state index < -0.39 is 0 Å². The molecule has 0 N–H and O–H groups in total. The first-order valence-electron chi connectivity index (χ1n) is 8.28. The minimum absolute atomic E-state index is 0.0558. The number of fused-ring (bicyclic) bond motifs is 3. The van der Waals surface area contributed by atoms with Crippen LogP contribution in [0.1, 0.15) is 5.82 Å². The van der Waals surface area contributed by atoms with Crippen LogP contribution >= 0.6 is 11.3 Å². The second-order valence-electron chi connectivity index (χ2n) is 6.15. The second-order valence-corrected chi connectivity index (χ2v) is 7.06. The van der Waals surface area contributed by atoms with Crippen molar-refractivity contribution < 1.29 is 9.47 Å². The van der Waals surface area contributed by atoms with Crippen molar-refractivity contribution in [3.63, 3.8) is 0 Å². The van der Waals surface area contributed by atoms with Crippen LogP contribution in [0.3, 0.4) is 0 Å². The quantitative estimate of drug-likeness (QED) is 0.525. The Kier molecular flexibility index (Phi) is 4.23. The molecule has 0 radical (unpaired) electrons. The maximum atomic E-state index is 12.4. The molecular weight excluding hydrogens is 366 g/mol. The summed E-state index contributed by atoms with van der Waals surface area (Å²) >= 11 is 1.43. The fourth-order valence-electron chi connectivity index (χ4n) is 3.12. The van der Waals surface area contributed by atoms with Crippen LogP contribution in [0.4, 0.5) is 5.69 Å². The summed E-state index contributed by atoms with van der Waals surface area (Å²) in [5, 5.41) is 10.5. The maximum Gasteiger partial charge on any atom is 0.272 e. The first-order valence-corrected chi connectivity index (χ1v) is 9.16. The molecule has 4 aromatic rings. The van der Waals surface area contributed by atoms with Gasteiger partial charge in [0.05, 0.1) is 26.3 Å². The highest BCUT2D eigenvalue weighted by Gasteiger charge is 2.17. The Morgan fingerprint density at radius 3 is 2.67 bits per heavy atom. The van der Waals surface area contributed by atoms with Gasteiger partial charge in [0.25, 0.3) is 5.56 Å². The highest BCUT2D eigenvalue weighted by Crippen LogP contribution is 2.31. The van der Waals surface area contributed by atoms with E-state index in [1.165, 1.54) is 15.9 Å². The normalized spacial score (nSPS) is 11.3. The average Bonchev–Trinajstić information content (AvgIpc) is 3.32. The van der Waals surface area contributed by atoms with E-state index in [1.54, 1.807) is 21.3 Å². The summed E-state index contributed by atoms with van der Waals surface area (Å²) in [6, 6.07) is 7.67. The van der Waals surface area contributed by atoms with E-state index in [2.05, 4.69) is 10.2 Å². The fraction of sp³-hybridized carbons (Fsp3) is 0.278. The Labute approximate surface area is 159 Å². The van der Waals surface area contributed by atoms with E-state index in [0.29, 0.717) is 28.5 Å². The summed E-state index contributed by atoms with van der Waals surface area (Å²) in [5.41, 5.74) is 1.73. The lowest BCUT2D eigenvalue weighted by Gasteiger charge is -2.20. The number of methoxy groups -OCH3 is 2. The zero-order chi connectivity index (χ0) is 19.1.